The molecule has 0 saturated heterocycles. The maximum atomic E-state index is 13.5. The molecule has 0 fully saturated rings. The molecule has 0 radical (unpaired) electrons. The Morgan fingerprint density at radius 1 is 1.18 bits per heavy atom. The van der Waals surface area contributed by atoms with Crippen molar-refractivity contribution in [2.75, 3.05) is 19.5 Å². The summed E-state index contributed by atoms with van der Waals surface area (Å²) < 4.78 is 50.1. The molecule has 3 N–H and O–H groups in total. The van der Waals surface area contributed by atoms with E-state index in [9.17, 15) is 22.7 Å². The lowest BCUT2D eigenvalue weighted by molar-refractivity contribution is 0.0859. The molecular weight excluding hydrogens is 395 g/mol. The molecule has 0 aliphatic carbocycles. The number of aromatic nitrogens is 2. The van der Waals surface area contributed by atoms with Gasteiger partial charge in [0.2, 0.25) is 17.7 Å². The van der Waals surface area contributed by atoms with E-state index in [-0.39, 0.29) is 23.3 Å². The number of carbonyl (C=O) groups excluding carboxylic acids is 1. The van der Waals surface area contributed by atoms with Crippen molar-refractivity contribution < 1.29 is 32.2 Å². The SMILES string of the molecule is COc1cc(OC)nc(NC(=O)NS(=O)(=O)c2ccccc2[C@@H](O)[C@@H](C)F)n1. The number of urea groups is 1. The molecule has 0 aliphatic rings. The molecule has 2 aromatic rings. The molecule has 28 heavy (non-hydrogen) atoms. The second-order valence-electron chi connectivity index (χ2n) is 5.50. The van der Waals surface area contributed by atoms with Crippen LogP contribution < -0.4 is 19.5 Å². The number of nitrogens with one attached hydrogen (secondary N) is 2. The first kappa shape index (κ1) is 21.3. The molecule has 2 rings (SSSR count). The van der Waals surface area contributed by atoms with Gasteiger partial charge in [0.15, 0.2) is 0 Å². The van der Waals surface area contributed by atoms with E-state index in [1.165, 1.54) is 38.5 Å². The molecule has 0 unspecified atom stereocenters. The van der Waals surface area contributed by atoms with Crippen LogP contribution in [0.4, 0.5) is 15.1 Å². The van der Waals surface area contributed by atoms with E-state index in [0.717, 1.165) is 13.0 Å². The Kier molecular flexibility index (Phi) is 6.70. The van der Waals surface area contributed by atoms with Gasteiger partial charge in [0.1, 0.15) is 12.3 Å². The fourth-order valence-corrected chi connectivity index (χ4v) is 3.35. The van der Waals surface area contributed by atoms with E-state index < -0.39 is 33.2 Å². The van der Waals surface area contributed by atoms with E-state index in [4.69, 9.17) is 9.47 Å². The van der Waals surface area contributed by atoms with Gasteiger partial charge in [-0.05, 0) is 13.0 Å². The highest BCUT2D eigenvalue weighted by Crippen LogP contribution is 2.26. The van der Waals surface area contributed by atoms with E-state index in [1.807, 2.05) is 0 Å². The van der Waals surface area contributed by atoms with Crippen molar-refractivity contribution in [1.82, 2.24) is 14.7 Å². The van der Waals surface area contributed by atoms with Crippen molar-refractivity contribution in [3.63, 3.8) is 0 Å². The van der Waals surface area contributed by atoms with Crippen LogP contribution >= 0.6 is 0 Å². The van der Waals surface area contributed by atoms with Crippen LogP contribution in [0.3, 0.4) is 0 Å². The van der Waals surface area contributed by atoms with Crippen LogP contribution in [0.15, 0.2) is 35.2 Å². The summed E-state index contributed by atoms with van der Waals surface area (Å²) in [5.41, 5.74) is -0.183. The number of ether oxygens (including phenoxy) is 2. The number of benzene rings is 1. The molecule has 0 saturated carbocycles. The molecule has 0 spiro atoms. The van der Waals surface area contributed by atoms with Crippen LogP contribution in [-0.4, -0.2) is 49.9 Å². The number of nitrogens with zero attached hydrogens (tertiary/aromatic N) is 2. The molecule has 0 aliphatic heterocycles. The third-order valence-corrected chi connectivity index (χ3v) is 4.92. The lowest BCUT2D eigenvalue weighted by Crippen LogP contribution is -2.35. The minimum absolute atomic E-state index is 0.0791. The summed E-state index contributed by atoms with van der Waals surface area (Å²) in [5.74, 6) is -0.111. The second kappa shape index (κ2) is 8.80. The van der Waals surface area contributed by atoms with Crippen LogP contribution in [0, 0.1) is 0 Å². The molecule has 2 atom stereocenters. The number of aliphatic hydroxyl groups excluding tert-OH is 1. The molecule has 1 aromatic heterocycles. The van der Waals surface area contributed by atoms with Crippen molar-refractivity contribution >= 4 is 22.0 Å². The molecule has 10 nitrogen and oxygen atoms in total. The predicted molar refractivity (Wildman–Crippen MR) is 96.4 cm³/mol. The van der Waals surface area contributed by atoms with Crippen LogP contribution in [0.1, 0.15) is 18.6 Å². The van der Waals surface area contributed by atoms with Gasteiger partial charge in [-0.1, -0.05) is 18.2 Å². The Morgan fingerprint density at radius 2 is 1.75 bits per heavy atom. The third-order valence-electron chi connectivity index (χ3n) is 3.51. The zero-order valence-corrected chi connectivity index (χ0v) is 16.0. The van der Waals surface area contributed by atoms with Gasteiger partial charge in [-0.15, -0.1) is 0 Å². The summed E-state index contributed by atoms with van der Waals surface area (Å²) in [6.45, 7) is 1.09. The van der Waals surface area contributed by atoms with Crippen molar-refractivity contribution in [3.05, 3.63) is 35.9 Å². The first-order valence-corrected chi connectivity index (χ1v) is 9.38. The maximum Gasteiger partial charge on any atom is 0.335 e. The number of halogens is 1. The number of methoxy groups -OCH3 is 2. The summed E-state index contributed by atoms with van der Waals surface area (Å²) in [6, 6.07) is 5.39. The lowest BCUT2D eigenvalue weighted by Gasteiger charge is -2.17. The fourth-order valence-electron chi connectivity index (χ4n) is 2.19. The van der Waals surface area contributed by atoms with Gasteiger partial charge < -0.3 is 14.6 Å². The predicted octanol–water partition coefficient (Wildman–Crippen LogP) is 1.40. The summed E-state index contributed by atoms with van der Waals surface area (Å²) in [5, 5.41) is 12.1. The number of hydrogen-bond acceptors (Lipinski definition) is 8. The summed E-state index contributed by atoms with van der Waals surface area (Å²) in [7, 11) is -1.75. The zero-order valence-electron chi connectivity index (χ0n) is 15.2. The summed E-state index contributed by atoms with van der Waals surface area (Å²) in [6.07, 6.45) is -3.40. The van der Waals surface area contributed by atoms with E-state index in [1.54, 1.807) is 4.72 Å². The van der Waals surface area contributed by atoms with Crippen LogP contribution in [0.5, 0.6) is 11.8 Å². The first-order chi connectivity index (χ1) is 13.2. The van der Waals surface area contributed by atoms with Gasteiger partial charge in [0.25, 0.3) is 10.0 Å². The number of sulfonamides is 1. The number of aliphatic hydroxyl groups is 1. The Labute approximate surface area is 160 Å². The van der Waals surface area contributed by atoms with Gasteiger partial charge in [0, 0.05) is 5.56 Å². The van der Waals surface area contributed by atoms with E-state index in [2.05, 4.69) is 15.3 Å². The van der Waals surface area contributed by atoms with E-state index in [0.29, 0.717) is 0 Å². The third kappa shape index (κ3) is 5.04. The van der Waals surface area contributed by atoms with Crippen LogP contribution in [0.25, 0.3) is 0 Å². The average molecular weight is 414 g/mol. The highest BCUT2D eigenvalue weighted by molar-refractivity contribution is 7.90. The minimum atomic E-state index is -4.43. The summed E-state index contributed by atoms with van der Waals surface area (Å²) >= 11 is 0. The molecule has 1 aromatic carbocycles. The zero-order chi connectivity index (χ0) is 20.9. The summed E-state index contributed by atoms with van der Waals surface area (Å²) in [4.78, 5) is 19.4. The van der Waals surface area contributed by atoms with Crippen molar-refractivity contribution in [2.24, 2.45) is 0 Å². The first-order valence-electron chi connectivity index (χ1n) is 7.90. The molecule has 12 heteroatoms. The highest BCUT2D eigenvalue weighted by atomic mass is 32.2. The molecular formula is C16H19FN4O6S. The second-order valence-corrected chi connectivity index (χ2v) is 7.15. The number of alkyl halides is 1. The normalized spacial score (nSPS) is 13.3. The van der Waals surface area contributed by atoms with Gasteiger partial charge in [-0.3, -0.25) is 5.32 Å². The Hall–Kier alpha value is -2.99. The fraction of sp³-hybridized carbons (Fsp3) is 0.312. The average Bonchev–Trinajstić information content (AvgIpc) is 2.66. The number of anilines is 1. The van der Waals surface area contributed by atoms with Crippen molar-refractivity contribution in [3.8, 4) is 11.8 Å². The van der Waals surface area contributed by atoms with E-state index >= 15 is 0 Å². The minimum Gasteiger partial charge on any atom is -0.481 e. The molecule has 152 valence electrons. The smallest absolute Gasteiger partial charge is 0.335 e. The number of rotatable bonds is 7. The number of hydrogen-bond donors (Lipinski definition) is 3. The van der Waals surface area contributed by atoms with Crippen LogP contribution in [-0.2, 0) is 10.0 Å². The highest BCUT2D eigenvalue weighted by Gasteiger charge is 2.27. The number of amides is 2. The van der Waals surface area contributed by atoms with Gasteiger partial charge in [-0.25, -0.2) is 22.3 Å². The Balaban J connectivity index is 2.25. The van der Waals surface area contributed by atoms with Crippen LogP contribution in [0.2, 0.25) is 0 Å². The standard InChI is InChI=1S/C16H19FN4O6S/c1-9(17)14(22)10-6-4-5-7-11(10)28(24,25)21-16(23)20-15-18-12(26-2)8-13(19-15)27-3/h4-9,14,22H,1-3H3,(H2,18,19,20,21,23)/t9-,14+/m1/s1. The quantitative estimate of drug-likeness (QED) is 0.618. The monoisotopic (exact) mass is 414 g/mol. The van der Waals surface area contributed by atoms with Crippen molar-refractivity contribution in [1.29, 1.82) is 0 Å². The van der Waals surface area contributed by atoms with Gasteiger partial charge >= 0.3 is 6.03 Å². The molecule has 0 bridgehead atoms. The van der Waals surface area contributed by atoms with Gasteiger partial charge in [-0.2, -0.15) is 9.97 Å². The van der Waals surface area contributed by atoms with Crippen molar-refractivity contribution in [2.45, 2.75) is 24.1 Å². The Bertz CT molecular complexity index is 932. The molecule has 1 heterocycles. The number of carbonyl (C=O) groups is 1. The largest absolute Gasteiger partial charge is 0.481 e. The van der Waals surface area contributed by atoms with Gasteiger partial charge in [0.05, 0.1) is 25.2 Å². The molecule has 2 amide bonds. The lowest BCUT2D eigenvalue weighted by atomic mass is 10.1. The Morgan fingerprint density at radius 3 is 2.29 bits per heavy atom. The maximum absolute atomic E-state index is 13.5. The topological polar surface area (TPSA) is 140 Å².